The SMILES string of the molecule is C#C[C@]1(O)CC[C@H]2[C@@H]3CCc4cc(O)c(-c5c(O)ccc6c5CC[C@@H]5[C@@H]6CC[C@@]6(C)[C@H]5CC[C@@]6(O)C#C)cc4[C@H]3CC[C@@]21C. The summed E-state index contributed by atoms with van der Waals surface area (Å²) in [6.45, 7) is 4.43. The summed E-state index contributed by atoms with van der Waals surface area (Å²) in [4.78, 5) is 0. The molecule has 2 aromatic carbocycles. The molecule has 2 aromatic rings. The lowest BCUT2D eigenvalue weighted by Gasteiger charge is -2.52. The number of aliphatic hydroxyl groups is 2. The van der Waals surface area contributed by atoms with Gasteiger partial charge in [0.15, 0.2) is 0 Å². The smallest absolute Gasteiger partial charge is 0.130 e. The maximum absolute atomic E-state index is 11.5. The van der Waals surface area contributed by atoms with E-state index in [-0.39, 0.29) is 22.3 Å². The topological polar surface area (TPSA) is 80.9 Å². The Hall–Kier alpha value is -2.92. The fraction of sp³-hybridized carbons (Fsp3) is 0.600. The number of aromatic hydroxyl groups is 2. The molecule has 0 unspecified atom stereocenters. The Morgan fingerprint density at radius 1 is 0.682 bits per heavy atom. The number of phenols is 2. The second kappa shape index (κ2) is 9.31. The number of phenolic OH excluding ortho intramolecular Hbond substituents is 2. The van der Waals surface area contributed by atoms with E-state index in [1.807, 2.05) is 12.1 Å². The zero-order valence-electron chi connectivity index (χ0n) is 26.2. The summed E-state index contributed by atoms with van der Waals surface area (Å²) in [7, 11) is 0. The van der Waals surface area contributed by atoms with Gasteiger partial charge >= 0.3 is 0 Å². The molecule has 6 aliphatic rings. The highest BCUT2D eigenvalue weighted by molar-refractivity contribution is 5.81. The van der Waals surface area contributed by atoms with Gasteiger partial charge in [-0.25, -0.2) is 0 Å². The number of benzene rings is 2. The average molecular weight is 591 g/mol. The molecule has 0 saturated heterocycles. The van der Waals surface area contributed by atoms with E-state index in [1.54, 1.807) is 0 Å². The van der Waals surface area contributed by atoms with Gasteiger partial charge in [0, 0.05) is 22.0 Å². The normalized spacial score (nSPS) is 43.3. The van der Waals surface area contributed by atoms with Crippen LogP contribution in [0.2, 0.25) is 0 Å². The van der Waals surface area contributed by atoms with Crippen LogP contribution >= 0.6 is 0 Å². The Bertz CT molecular complexity index is 1640. The van der Waals surface area contributed by atoms with E-state index in [9.17, 15) is 20.4 Å². The van der Waals surface area contributed by atoms with Crippen LogP contribution in [0.3, 0.4) is 0 Å². The van der Waals surface area contributed by atoms with Gasteiger partial charge in [-0.15, -0.1) is 12.8 Å². The summed E-state index contributed by atoms with van der Waals surface area (Å²) in [5.41, 5.74) is 4.01. The fourth-order valence-corrected chi connectivity index (χ4v) is 12.3. The molecular formula is C40H46O4. The third-order valence-corrected chi connectivity index (χ3v) is 14.8. The Morgan fingerprint density at radius 3 is 1.84 bits per heavy atom. The van der Waals surface area contributed by atoms with Gasteiger partial charge in [-0.05, 0) is 153 Å². The van der Waals surface area contributed by atoms with Crippen molar-refractivity contribution in [1.82, 2.24) is 0 Å². The van der Waals surface area contributed by atoms with Gasteiger partial charge < -0.3 is 20.4 Å². The number of fused-ring (bicyclic) bond motifs is 10. The largest absolute Gasteiger partial charge is 0.507 e. The van der Waals surface area contributed by atoms with Gasteiger partial charge in [-0.3, -0.25) is 0 Å². The van der Waals surface area contributed by atoms with E-state index in [1.165, 1.54) is 22.3 Å². The van der Waals surface area contributed by atoms with Crippen LogP contribution in [-0.4, -0.2) is 31.6 Å². The second-order valence-electron chi connectivity index (χ2n) is 15.9. The van der Waals surface area contributed by atoms with Crippen LogP contribution in [0.4, 0.5) is 0 Å². The molecule has 8 rings (SSSR count). The lowest BCUT2D eigenvalue weighted by atomic mass is 9.53. The first kappa shape index (κ1) is 28.5. The molecule has 4 saturated carbocycles. The monoisotopic (exact) mass is 590 g/mol. The summed E-state index contributed by atoms with van der Waals surface area (Å²) in [6, 6.07) is 8.13. The molecule has 44 heavy (non-hydrogen) atoms. The van der Waals surface area contributed by atoms with Crippen molar-refractivity contribution in [3.63, 3.8) is 0 Å². The highest BCUT2D eigenvalue weighted by Gasteiger charge is 2.62. The molecule has 0 spiro atoms. The van der Waals surface area contributed by atoms with Crippen LogP contribution in [0, 0.1) is 59.2 Å². The standard InChI is InChI=1S/C40H46O4/c1-5-39(43)20-16-33-28-9-10-29-24(25(28)13-17-37(33,39)3)11-12-34(41)36(29)31-22-30-23(21-35(31)42)7-8-27-26(30)14-18-38(4)32(27)15-19-40(38,44)6-2/h1-2,11-12,21-22,25-28,32-33,41-44H,7-10,13-20H2,3-4H3/t25-,26+,27-,28-,32+,33+,37+,38+,39+,40+/m1/s1. The molecule has 4 N–H and O–H groups in total. The van der Waals surface area contributed by atoms with Gasteiger partial charge in [0.05, 0.1) is 0 Å². The number of aryl methyl sites for hydroxylation is 1. The van der Waals surface area contributed by atoms with E-state index in [0.717, 1.165) is 75.3 Å². The van der Waals surface area contributed by atoms with E-state index >= 15 is 0 Å². The van der Waals surface area contributed by atoms with Crippen molar-refractivity contribution in [2.75, 3.05) is 0 Å². The summed E-state index contributed by atoms with van der Waals surface area (Å²) in [6.07, 6.45) is 22.6. The molecule has 0 heterocycles. The Labute approximate surface area is 262 Å². The van der Waals surface area contributed by atoms with Crippen LogP contribution in [0.25, 0.3) is 11.1 Å². The van der Waals surface area contributed by atoms with Crippen molar-refractivity contribution < 1.29 is 20.4 Å². The quantitative estimate of drug-likeness (QED) is 0.265. The number of rotatable bonds is 1. The summed E-state index contributed by atoms with van der Waals surface area (Å²) in [5, 5.41) is 45.6. The molecule has 6 aliphatic carbocycles. The van der Waals surface area contributed by atoms with Crippen LogP contribution in [-0.2, 0) is 12.8 Å². The third kappa shape index (κ3) is 3.45. The predicted molar refractivity (Wildman–Crippen MR) is 172 cm³/mol. The lowest BCUT2D eigenvalue weighted by Crippen LogP contribution is -2.50. The van der Waals surface area contributed by atoms with E-state index in [0.29, 0.717) is 48.3 Å². The first-order valence-electron chi connectivity index (χ1n) is 17.1. The van der Waals surface area contributed by atoms with Crippen LogP contribution < -0.4 is 0 Å². The Morgan fingerprint density at radius 2 is 1.25 bits per heavy atom. The molecule has 4 fully saturated rings. The molecule has 0 aliphatic heterocycles. The van der Waals surface area contributed by atoms with E-state index in [2.05, 4.69) is 37.8 Å². The zero-order valence-corrected chi connectivity index (χ0v) is 26.2. The number of hydrogen-bond acceptors (Lipinski definition) is 4. The molecule has 230 valence electrons. The van der Waals surface area contributed by atoms with Crippen molar-refractivity contribution >= 4 is 0 Å². The average Bonchev–Trinajstić information content (AvgIpc) is 3.46. The van der Waals surface area contributed by atoms with Crippen molar-refractivity contribution in [3.8, 4) is 47.3 Å². The molecule has 4 nitrogen and oxygen atoms in total. The first-order chi connectivity index (χ1) is 21.0. The van der Waals surface area contributed by atoms with Gasteiger partial charge in [0.25, 0.3) is 0 Å². The van der Waals surface area contributed by atoms with E-state index in [4.69, 9.17) is 12.8 Å². The minimum atomic E-state index is -1.02. The first-order valence-corrected chi connectivity index (χ1v) is 17.1. The van der Waals surface area contributed by atoms with Crippen molar-refractivity contribution in [1.29, 1.82) is 0 Å². The number of hydrogen-bond donors (Lipinski definition) is 4. The maximum Gasteiger partial charge on any atom is 0.130 e. The summed E-state index contributed by atoms with van der Waals surface area (Å²) < 4.78 is 0. The Kier molecular flexibility index (Phi) is 6.04. The summed E-state index contributed by atoms with van der Waals surface area (Å²) >= 11 is 0. The van der Waals surface area contributed by atoms with Crippen LogP contribution in [0.5, 0.6) is 11.5 Å². The van der Waals surface area contributed by atoms with Crippen LogP contribution in [0.15, 0.2) is 24.3 Å². The molecule has 10 atom stereocenters. The molecule has 4 heteroatoms. The molecule has 0 radical (unpaired) electrons. The lowest BCUT2D eigenvalue weighted by molar-refractivity contribution is -0.0647. The van der Waals surface area contributed by atoms with Gasteiger partial charge in [0.1, 0.15) is 22.7 Å². The van der Waals surface area contributed by atoms with Crippen molar-refractivity contribution in [3.05, 3.63) is 46.5 Å². The molecule has 0 amide bonds. The fourth-order valence-electron chi connectivity index (χ4n) is 12.3. The highest BCUT2D eigenvalue weighted by atomic mass is 16.3. The molecule has 0 aromatic heterocycles. The van der Waals surface area contributed by atoms with Gasteiger partial charge in [0.2, 0.25) is 0 Å². The zero-order chi connectivity index (χ0) is 30.8. The van der Waals surface area contributed by atoms with Crippen molar-refractivity contribution in [2.24, 2.45) is 34.5 Å². The molecular weight excluding hydrogens is 544 g/mol. The minimum Gasteiger partial charge on any atom is -0.507 e. The maximum atomic E-state index is 11.5. The van der Waals surface area contributed by atoms with E-state index < -0.39 is 11.2 Å². The minimum absolute atomic E-state index is 0.235. The summed E-state index contributed by atoms with van der Waals surface area (Å²) in [5.74, 6) is 8.49. The number of terminal acetylenes is 2. The van der Waals surface area contributed by atoms with Gasteiger partial charge in [-0.2, -0.15) is 0 Å². The third-order valence-electron chi connectivity index (χ3n) is 14.8. The Balaban J connectivity index is 1.17. The second-order valence-corrected chi connectivity index (χ2v) is 15.9. The van der Waals surface area contributed by atoms with Gasteiger partial charge in [-0.1, -0.05) is 31.8 Å². The highest BCUT2D eigenvalue weighted by Crippen LogP contribution is 2.66. The molecule has 0 bridgehead atoms. The van der Waals surface area contributed by atoms with Crippen LogP contribution in [0.1, 0.15) is 112 Å². The van der Waals surface area contributed by atoms with Crippen molar-refractivity contribution in [2.45, 2.75) is 114 Å². The predicted octanol–water partition coefficient (Wildman–Crippen LogP) is 7.21.